The van der Waals surface area contributed by atoms with Crippen LogP contribution in [-0.4, -0.2) is 26.2 Å². The minimum absolute atomic E-state index is 0.0493. The lowest BCUT2D eigenvalue weighted by Gasteiger charge is -2.17. The van der Waals surface area contributed by atoms with E-state index in [4.69, 9.17) is 4.74 Å². The average Bonchev–Trinajstić information content (AvgIpc) is 2.77. The molecule has 1 fully saturated rings. The lowest BCUT2D eigenvalue weighted by molar-refractivity contribution is -0.145. The monoisotopic (exact) mass is 219 g/mol. The fourth-order valence-corrected chi connectivity index (χ4v) is 2.33. The van der Waals surface area contributed by atoms with Crippen molar-refractivity contribution in [3.05, 3.63) is 35.4 Å². The van der Waals surface area contributed by atoms with Gasteiger partial charge in [0.25, 0.3) is 0 Å². The summed E-state index contributed by atoms with van der Waals surface area (Å²) in [7, 11) is 1.45. The molecule has 0 amide bonds. The van der Waals surface area contributed by atoms with E-state index in [1.807, 2.05) is 6.07 Å². The van der Waals surface area contributed by atoms with Crippen LogP contribution in [0.1, 0.15) is 17.0 Å². The summed E-state index contributed by atoms with van der Waals surface area (Å²) in [5.41, 5.74) is 2.45. The van der Waals surface area contributed by atoms with E-state index in [-0.39, 0.29) is 17.8 Å². The molecule has 0 unspecified atom stereocenters. The third kappa shape index (κ3) is 2.09. The van der Waals surface area contributed by atoms with Crippen LogP contribution in [0.15, 0.2) is 24.3 Å². The Kier molecular flexibility index (Phi) is 3.25. The molecule has 1 aliphatic rings. The second-order valence-corrected chi connectivity index (χ2v) is 4.31. The molecule has 3 nitrogen and oxygen atoms in total. The largest absolute Gasteiger partial charge is 0.469 e. The topological polar surface area (TPSA) is 38.3 Å². The van der Waals surface area contributed by atoms with Gasteiger partial charge in [-0.3, -0.25) is 4.79 Å². The number of aryl methyl sites for hydroxylation is 1. The van der Waals surface area contributed by atoms with Crippen LogP contribution in [0.4, 0.5) is 0 Å². The Morgan fingerprint density at radius 2 is 2.25 bits per heavy atom. The minimum Gasteiger partial charge on any atom is -0.469 e. The van der Waals surface area contributed by atoms with Gasteiger partial charge in [0, 0.05) is 19.0 Å². The molecule has 1 aromatic rings. The highest BCUT2D eigenvalue weighted by Gasteiger charge is 2.34. The normalized spacial score (nSPS) is 24.4. The molecule has 1 aromatic carbocycles. The van der Waals surface area contributed by atoms with Gasteiger partial charge in [-0.25, -0.2) is 0 Å². The Bertz CT molecular complexity index is 389. The second-order valence-electron chi connectivity index (χ2n) is 4.31. The van der Waals surface area contributed by atoms with Gasteiger partial charge >= 0.3 is 5.97 Å². The number of hydrogen-bond donors (Lipinski definition) is 1. The van der Waals surface area contributed by atoms with Gasteiger partial charge in [-0.15, -0.1) is 0 Å². The molecule has 1 heterocycles. The zero-order valence-corrected chi connectivity index (χ0v) is 9.69. The quantitative estimate of drug-likeness (QED) is 0.765. The molecule has 3 heteroatoms. The van der Waals surface area contributed by atoms with Crippen LogP contribution in [0.2, 0.25) is 0 Å². The predicted octanol–water partition coefficient (Wildman–Crippen LogP) is 1.47. The van der Waals surface area contributed by atoms with E-state index in [0.29, 0.717) is 6.54 Å². The van der Waals surface area contributed by atoms with Crippen molar-refractivity contribution in [1.29, 1.82) is 0 Å². The molecule has 86 valence electrons. The van der Waals surface area contributed by atoms with E-state index in [1.165, 1.54) is 18.2 Å². The van der Waals surface area contributed by atoms with Crippen molar-refractivity contribution >= 4 is 5.97 Å². The van der Waals surface area contributed by atoms with Gasteiger partial charge in [0.1, 0.15) is 0 Å². The molecule has 2 rings (SSSR count). The second kappa shape index (κ2) is 4.66. The molecule has 1 aliphatic heterocycles. The molecular formula is C13H17NO2. The van der Waals surface area contributed by atoms with Crippen LogP contribution in [-0.2, 0) is 9.53 Å². The average molecular weight is 219 g/mol. The summed E-state index contributed by atoms with van der Waals surface area (Å²) in [6, 6.07) is 8.34. The van der Waals surface area contributed by atoms with Crippen molar-refractivity contribution in [2.45, 2.75) is 12.8 Å². The number of rotatable bonds is 2. The first-order chi connectivity index (χ1) is 7.72. The van der Waals surface area contributed by atoms with Crippen LogP contribution >= 0.6 is 0 Å². The Labute approximate surface area is 95.8 Å². The maximum absolute atomic E-state index is 11.6. The maximum atomic E-state index is 11.6. The van der Waals surface area contributed by atoms with E-state index in [2.05, 4.69) is 30.4 Å². The molecule has 0 spiro atoms. The number of esters is 1. The number of ether oxygens (including phenoxy) is 1. The lowest BCUT2D eigenvalue weighted by Crippen LogP contribution is -2.22. The maximum Gasteiger partial charge on any atom is 0.310 e. The van der Waals surface area contributed by atoms with Crippen LogP contribution in [0.25, 0.3) is 0 Å². The first-order valence-corrected chi connectivity index (χ1v) is 5.57. The van der Waals surface area contributed by atoms with Crippen LogP contribution in [0.5, 0.6) is 0 Å². The van der Waals surface area contributed by atoms with E-state index in [0.717, 1.165) is 6.54 Å². The number of carbonyl (C=O) groups is 1. The molecule has 0 radical (unpaired) electrons. The molecule has 1 saturated heterocycles. The van der Waals surface area contributed by atoms with Crippen LogP contribution in [0.3, 0.4) is 0 Å². The number of benzene rings is 1. The van der Waals surface area contributed by atoms with E-state index in [1.54, 1.807) is 0 Å². The molecule has 2 atom stereocenters. The Balaban J connectivity index is 2.23. The molecule has 0 saturated carbocycles. The van der Waals surface area contributed by atoms with E-state index < -0.39 is 0 Å². The third-order valence-electron chi connectivity index (χ3n) is 3.19. The standard InChI is InChI=1S/C13H17NO2/c1-9-4-3-5-10(6-9)11-7-14-8-12(11)13(15)16-2/h3-6,11-12,14H,7-8H2,1-2H3/t11-,12+/m0/s1. The SMILES string of the molecule is COC(=O)[C@@H]1CNC[C@H]1c1cccc(C)c1. The smallest absolute Gasteiger partial charge is 0.310 e. The zero-order chi connectivity index (χ0) is 11.5. The highest BCUT2D eigenvalue weighted by atomic mass is 16.5. The minimum atomic E-state index is -0.114. The Morgan fingerprint density at radius 3 is 2.94 bits per heavy atom. The Hall–Kier alpha value is -1.35. The first kappa shape index (κ1) is 11.1. The van der Waals surface area contributed by atoms with E-state index in [9.17, 15) is 4.79 Å². The van der Waals surface area contributed by atoms with E-state index >= 15 is 0 Å². The first-order valence-electron chi connectivity index (χ1n) is 5.57. The van der Waals surface area contributed by atoms with Gasteiger partial charge < -0.3 is 10.1 Å². The van der Waals surface area contributed by atoms with Crippen molar-refractivity contribution in [1.82, 2.24) is 5.32 Å². The highest BCUT2D eigenvalue weighted by molar-refractivity contribution is 5.74. The summed E-state index contributed by atoms with van der Waals surface area (Å²) in [4.78, 5) is 11.6. The fraction of sp³-hybridized carbons (Fsp3) is 0.462. The third-order valence-corrected chi connectivity index (χ3v) is 3.19. The van der Waals surface area contributed by atoms with Crippen molar-refractivity contribution in [3.63, 3.8) is 0 Å². The number of carbonyl (C=O) groups excluding carboxylic acids is 1. The highest BCUT2D eigenvalue weighted by Crippen LogP contribution is 2.29. The molecule has 0 bridgehead atoms. The van der Waals surface area contributed by atoms with Crippen molar-refractivity contribution < 1.29 is 9.53 Å². The van der Waals surface area contributed by atoms with Gasteiger partial charge in [0.05, 0.1) is 13.0 Å². The van der Waals surface area contributed by atoms with Gasteiger partial charge in [-0.2, -0.15) is 0 Å². The van der Waals surface area contributed by atoms with Crippen LogP contribution < -0.4 is 5.32 Å². The summed E-state index contributed by atoms with van der Waals surface area (Å²) in [6.45, 7) is 3.63. The predicted molar refractivity (Wildman–Crippen MR) is 62.3 cm³/mol. The van der Waals surface area contributed by atoms with Crippen molar-refractivity contribution in [2.75, 3.05) is 20.2 Å². The summed E-state index contributed by atoms with van der Waals surface area (Å²) >= 11 is 0. The van der Waals surface area contributed by atoms with Gasteiger partial charge in [0.15, 0.2) is 0 Å². The molecule has 0 aliphatic carbocycles. The van der Waals surface area contributed by atoms with Gasteiger partial charge in [-0.05, 0) is 12.5 Å². The molecule has 16 heavy (non-hydrogen) atoms. The summed E-state index contributed by atoms with van der Waals surface area (Å²) in [5.74, 6) is 0.0793. The lowest BCUT2D eigenvalue weighted by atomic mass is 9.88. The number of methoxy groups -OCH3 is 1. The fourth-order valence-electron chi connectivity index (χ4n) is 2.33. The summed E-state index contributed by atoms with van der Waals surface area (Å²) in [6.07, 6.45) is 0. The molecule has 1 N–H and O–H groups in total. The van der Waals surface area contributed by atoms with Crippen LogP contribution in [0, 0.1) is 12.8 Å². The molecule has 0 aromatic heterocycles. The summed E-state index contributed by atoms with van der Waals surface area (Å²) in [5, 5.41) is 3.25. The van der Waals surface area contributed by atoms with Crippen molar-refractivity contribution in [2.24, 2.45) is 5.92 Å². The van der Waals surface area contributed by atoms with Gasteiger partial charge in [0.2, 0.25) is 0 Å². The Morgan fingerprint density at radius 1 is 1.44 bits per heavy atom. The zero-order valence-electron chi connectivity index (χ0n) is 9.69. The number of nitrogens with one attached hydrogen (secondary N) is 1. The van der Waals surface area contributed by atoms with Gasteiger partial charge in [-0.1, -0.05) is 29.8 Å². The van der Waals surface area contributed by atoms with Crippen molar-refractivity contribution in [3.8, 4) is 0 Å². The molecular weight excluding hydrogens is 202 g/mol. The number of hydrogen-bond acceptors (Lipinski definition) is 3. The summed E-state index contributed by atoms with van der Waals surface area (Å²) < 4.78 is 4.84.